The topological polar surface area (TPSA) is 217 Å². The van der Waals surface area contributed by atoms with Crippen LogP contribution in [0.25, 0.3) is 0 Å². The standard InChI is InChI=1S/C42H66FN4O11P/c1-5-6-7-8-9-10-11-12-13-14-15-16-17-18-19-20-23-54-28-34(55-27-31-24-32(41(50)51)26-33(43)25-31)29-56-59(52,53)57-30-36-38(48)39(49)42(2,58-36)37-22-21-35(40(44)45-3)47(37)46-4/h21-22,24-26,34,39,48-49H,4-20,23,27-30H2,1-3H3,(H2,44,45)(H,50,51)(H,52,53)/t34-,39-,42+/m1/s1. The number of aliphatic hydroxyl groups is 2. The predicted molar refractivity (Wildman–Crippen MR) is 224 cm³/mol. The monoisotopic (exact) mass is 852 g/mol. The van der Waals surface area contributed by atoms with E-state index in [9.17, 15) is 34.0 Å². The van der Waals surface area contributed by atoms with Crippen LogP contribution in [0.15, 0.2) is 51.9 Å². The number of amidine groups is 1. The number of halogens is 1. The number of nitrogens with two attached hydrogens (primary N) is 1. The quantitative estimate of drug-likeness (QED) is 0.0203. The van der Waals surface area contributed by atoms with Gasteiger partial charge in [0.1, 0.15) is 30.1 Å². The molecule has 0 saturated heterocycles. The van der Waals surface area contributed by atoms with Crippen molar-refractivity contribution in [3.05, 3.63) is 70.2 Å². The number of aliphatic imine (C=N–C) groups is 1. The van der Waals surface area contributed by atoms with Gasteiger partial charge in [0.25, 0.3) is 0 Å². The number of aromatic nitrogens is 1. The average molecular weight is 853 g/mol. The molecule has 1 aliphatic rings. The molecule has 0 amide bonds. The van der Waals surface area contributed by atoms with Crippen LogP contribution >= 0.6 is 7.82 Å². The van der Waals surface area contributed by atoms with E-state index in [2.05, 4.69) is 23.7 Å². The fraction of sp³-hybridized carbons (Fsp3) is 0.643. The van der Waals surface area contributed by atoms with Crippen molar-refractivity contribution < 1.29 is 57.2 Å². The Balaban J connectivity index is 1.46. The van der Waals surface area contributed by atoms with Crippen molar-refractivity contribution in [3.8, 4) is 0 Å². The van der Waals surface area contributed by atoms with Gasteiger partial charge >= 0.3 is 13.8 Å². The van der Waals surface area contributed by atoms with Crippen LogP contribution in [-0.2, 0) is 40.0 Å². The molecule has 1 aromatic carbocycles. The van der Waals surface area contributed by atoms with Crippen LogP contribution in [0.2, 0.25) is 0 Å². The van der Waals surface area contributed by atoms with Gasteiger partial charge < -0.3 is 40.2 Å². The van der Waals surface area contributed by atoms with Crippen LogP contribution in [0.3, 0.4) is 0 Å². The van der Waals surface area contributed by atoms with Crippen molar-refractivity contribution in [2.45, 2.75) is 141 Å². The Morgan fingerprint density at radius 3 is 2.12 bits per heavy atom. The Bertz CT molecular complexity index is 1720. The first-order valence-corrected chi connectivity index (χ1v) is 22.3. The third kappa shape index (κ3) is 16.4. The maximum Gasteiger partial charge on any atom is 0.472 e. The fourth-order valence-corrected chi connectivity index (χ4v) is 7.59. The van der Waals surface area contributed by atoms with Gasteiger partial charge in [-0.3, -0.25) is 14.0 Å². The Morgan fingerprint density at radius 1 is 0.966 bits per heavy atom. The molecule has 0 saturated carbocycles. The van der Waals surface area contributed by atoms with E-state index in [-0.39, 0.29) is 41.6 Å². The first-order valence-electron chi connectivity index (χ1n) is 20.8. The zero-order valence-electron chi connectivity index (χ0n) is 35.0. The average Bonchev–Trinajstić information content (AvgIpc) is 3.75. The lowest BCUT2D eigenvalue weighted by Crippen LogP contribution is -2.37. The molecule has 15 nitrogen and oxygen atoms in total. The molecule has 59 heavy (non-hydrogen) atoms. The minimum absolute atomic E-state index is 0.0499. The molecule has 0 fully saturated rings. The molecule has 0 bridgehead atoms. The first-order chi connectivity index (χ1) is 28.3. The highest BCUT2D eigenvalue weighted by Gasteiger charge is 2.50. The second-order valence-electron chi connectivity index (χ2n) is 15.1. The normalized spacial score (nSPS) is 18.5. The summed E-state index contributed by atoms with van der Waals surface area (Å²) in [5, 5.41) is 35.0. The second-order valence-corrected chi connectivity index (χ2v) is 16.5. The zero-order chi connectivity index (χ0) is 43.3. The van der Waals surface area contributed by atoms with E-state index < -0.39 is 56.4 Å². The van der Waals surface area contributed by atoms with Crippen LogP contribution in [0.1, 0.15) is 144 Å². The molecule has 3 rings (SSSR count). The van der Waals surface area contributed by atoms with Gasteiger partial charge in [0, 0.05) is 20.4 Å². The Labute approximate surface area is 348 Å². The number of hydrogen-bond acceptors (Lipinski definition) is 11. The summed E-state index contributed by atoms with van der Waals surface area (Å²) in [5.74, 6) is -2.90. The van der Waals surface area contributed by atoms with Crippen molar-refractivity contribution in [2.24, 2.45) is 15.8 Å². The molecule has 2 aromatic rings. The van der Waals surface area contributed by atoms with Gasteiger partial charge in [-0.2, -0.15) is 5.10 Å². The summed E-state index contributed by atoms with van der Waals surface area (Å²) in [5.41, 5.74) is 4.90. The maximum atomic E-state index is 14.1. The number of carboxylic acid groups (broad SMARTS) is 1. The summed E-state index contributed by atoms with van der Waals surface area (Å²) in [4.78, 5) is 25.9. The molecule has 332 valence electrons. The summed E-state index contributed by atoms with van der Waals surface area (Å²) in [7, 11) is -3.35. The van der Waals surface area contributed by atoms with Gasteiger partial charge in [-0.05, 0) is 49.2 Å². The van der Waals surface area contributed by atoms with Crippen LogP contribution in [0.4, 0.5) is 4.39 Å². The number of ether oxygens (including phenoxy) is 3. The first kappa shape index (κ1) is 49.7. The van der Waals surface area contributed by atoms with Crippen molar-refractivity contribution in [1.82, 2.24) is 4.68 Å². The predicted octanol–water partition coefficient (Wildman–Crippen LogP) is 8.50. The Morgan fingerprint density at radius 2 is 1.56 bits per heavy atom. The molecule has 0 radical (unpaired) electrons. The number of hydrogen-bond donors (Lipinski definition) is 5. The van der Waals surface area contributed by atoms with Gasteiger partial charge in [0.2, 0.25) is 0 Å². The smallest absolute Gasteiger partial charge is 0.472 e. The van der Waals surface area contributed by atoms with Gasteiger partial charge in [0.05, 0.1) is 31.1 Å². The molecule has 1 aromatic heterocycles. The number of benzene rings is 1. The Hall–Kier alpha value is -3.63. The van der Waals surface area contributed by atoms with Crippen LogP contribution in [0, 0.1) is 5.82 Å². The number of carboxylic acids is 1. The molecule has 1 unspecified atom stereocenters. The summed E-state index contributed by atoms with van der Waals surface area (Å²) < 4.78 is 56.3. The van der Waals surface area contributed by atoms with Gasteiger partial charge in [-0.15, -0.1) is 0 Å². The lowest BCUT2D eigenvalue weighted by molar-refractivity contribution is -0.0595. The van der Waals surface area contributed by atoms with Crippen LogP contribution < -0.4 is 5.73 Å². The molecule has 17 heteroatoms. The molecule has 6 N–H and O–H groups in total. The third-order valence-corrected chi connectivity index (χ3v) is 11.3. The van der Waals surface area contributed by atoms with Gasteiger partial charge in [-0.25, -0.2) is 18.4 Å². The van der Waals surface area contributed by atoms with Crippen molar-refractivity contribution >= 4 is 26.3 Å². The number of carbonyl (C=O) groups is 1. The van der Waals surface area contributed by atoms with Gasteiger partial charge in [0.15, 0.2) is 23.2 Å². The fourth-order valence-electron chi connectivity index (χ4n) is 6.88. The van der Waals surface area contributed by atoms with E-state index in [1.807, 2.05) is 0 Å². The number of aromatic carboxylic acids is 1. The van der Waals surface area contributed by atoms with E-state index >= 15 is 0 Å². The molecule has 4 atom stereocenters. The van der Waals surface area contributed by atoms with Crippen LogP contribution in [0.5, 0.6) is 0 Å². The minimum Gasteiger partial charge on any atom is -0.506 e. The summed E-state index contributed by atoms with van der Waals surface area (Å²) in [6.45, 7) is 6.11. The van der Waals surface area contributed by atoms with Crippen molar-refractivity contribution in [3.63, 3.8) is 0 Å². The lowest BCUT2D eigenvalue weighted by Gasteiger charge is -2.29. The highest BCUT2D eigenvalue weighted by molar-refractivity contribution is 7.47. The SMILES string of the molecule is C=Nn1c(C(N)=NC)ccc1[C@]1(C)OC(COP(=O)(O)OC[C@@H](COCCCCCCCCCCCCCCCCCC)OCc2cc(F)cc(C(=O)O)c2)=C(O)[C@H]1O. The third-order valence-electron chi connectivity index (χ3n) is 10.3. The largest absolute Gasteiger partial charge is 0.506 e. The van der Waals surface area contributed by atoms with E-state index in [4.69, 9.17) is 29.0 Å². The number of nitrogens with zero attached hydrogens (tertiary/aromatic N) is 3. The molecule has 1 aliphatic heterocycles. The summed E-state index contributed by atoms with van der Waals surface area (Å²) in [6.07, 6.45) is 17.3. The summed E-state index contributed by atoms with van der Waals surface area (Å²) in [6, 6.07) is 6.41. The number of phosphoric ester groups is 1. The minimum atomic E-state index is -4.84. The zero-order valence-corrected chi connectivity index (χ0v) is 35.9. The van der Waals surface area contributed by atoms with E-state index in [1.165, 1.54) is 102 Å². The highest BCUT2D eigenvalue weighted by Crippen LogP contribution is 2.47. The molecular weight excluding hydrogens is 786 g/mol. The molecule has 2 heterocycles. The van der Waals surface area contributed by atoms with Gasteiger partial charge in [-0.1, -0.05) is 103 Å². The van der Waals surface area contributed by atoms with E-state index in [1.54, 1.807) is 12.1 Å². The molecule has 0 aliphatic carbocycles. The number of unbranched alkanes of at least 4 members (excludes halogenated alkanes) is 15. The number of phosphoric acid groups is 1. The second kappa shape index (κ2) is 25.9. The lowest BCUT2D eigenvalue weighted by atomic mass is 9.95. The maximum absolute atomic E-state index is 14.1. The van der Waals surface area contributed by atoms with E-state index in [0.29, 0.717) is 12.3 Å². The highest BCUT2D eigenvalue weighted by atomic mass is 31.2. The molecular formula is C42H66FN4O11P. The Kier molecular flexibility index (Phi) is 21.8. The van der Waals surface area contributed by atoms with Crippen molar-refractivity contribution in [2.75, 3.05) is 33.5 Å². The van der Waals surface area contributed by atoms with E-state index in [0.717, 1.165) is 37.8 Å². The number of rotatable bonds is 32. The van der Waals surface area contributed by atoms with Crippen LogP contribution in [-0.4, -0.2) is 89.1 Å². The summed E-state index contributed by atoms with van der Waals surface area (Å²) >= 11 is 0. The molecule has 0 spiro atoms. The number of aliphatic hydroxyl groups excluding tert-OH is 2. The van der Waals surface area contributed by atoms with Crippen molar-refractivity contribution in [1.29, 1.82) is 0 Å².